The molecule has 0 spiro atoms. The second-order valence-corrected chi connectivity index (χ2v) is 9.17. The Hall–Kier alpha value is -2.47. The lowest BCUT2D eigenvalue weighted by Crippen LogP contribution is -2.45. The van der Waals surface area contributed by atoms with Gasteiger partial charge in [0.2, 0.25) is 11.9 Å². The Morgan fingerprint density at radius 1 is 1.10 bits per heavy atom. The van der Waals surface area contributed by atoms with E-state index < -0.39 is 0 Å². The second kappa shape index (κ2) is 10.2. The molecule has 0 bridgehead atoms. The summed E-state index contributed by atoms with van der Waals surface area (Å²) in [5.41, 5.74) is 3.76. The number of carbonyl (C=O) groups excluding carboxylic acids is 1. The number of amides is 1. The molecule has 2 aliphatic rings. The zero-order chi connectivity index (χ0) is 21.6. The molecule has 0 unspecified atom stereocenters. The van der Waals surface area contributed by atoms with Gasteiger partial charge in [0.1, 0.15) is 0 Å². The summed E-state index contributed by atoms with van der Waals surface area (Å²) in [6.07, 6.45) is 6.06. The van der Waals surface area contributed by atoms with Gasteiger partial charge in [-0.05, 0) is 75.7 Å². The van der Waals surface area contributed by atoms with Crippen molar-refractivity contribution < 1.29 is 4.79 Å². The van der Waals surface area contributed by atoms with E-state index in [2.05, 4.69) is 56.3 Å². The molecule has 1 atom stereocenters. The number of likely N-dealkylation sites (tertiary alicyclic amines) is 1. The number of aromatic nitrogens is 2. The number of hydrogen-bond donors (Lipinski definition) is 1. The quantitative estimate of drug-likeness (QED) is 0.775. The third-order valence-electron chi connectivity index (χ3n) is 6.78. The Bertz CT molecular complexity index is 878. The number of hydrogen-bond acceptors (Lipinski definition) is 5. The van der Waals surface area contributed by atoms with Gasteiger partial charge < -0.3 is 10.2 Å². The molecule has 6 heteroatoms. The number of anilines is 1. The summed E-state index contributed by atoms with van der Waals surface area (Å²) in [4.78, 5) is 26.5. The number of benzene rings is 1. The van der Waals surface area contributed by atoms with Crippen LogP contribution in [0.2, 0.25) is 0 Å². The number of nitrogens with zero attached hydrogens (tertiary/aromatic N) is 4. The van der Waals surface area contributed by atoms with Crippen LogP contribution in [0.4, 0.5) is 5.95 Å². The molecule has 1 aromatic heterocycles. The van der Waals surface area contributed by atoms with E-state index in [1.165, 1.54) is 11.1 Å². The van der Waals surface area contributed by atoms with Crippen LogP contribution in [-0.4, -0.2) is 53.5 Å². The molecule has 2 aliphatic heterocycles. The smallest absolute Gasteiger partial charge is 0.225 e. The van der Waals surface area contributed by atoms with Gasteiger partial charge in [0.05, 0.1) is 5.92 Å². The minimum atomic E-state index is 0.0269. The van der Waals surface area contributed by atoms with E-state index in [-0.39, 0.29) is 11.8 Å². The molecule has 4 rings (SSSR count). The zero-order valence-electron chi connectivity index (χ0n) is 18.9. The third kappa shape index (κ3) is 5.82. The molecule has 1 amide bonds. The maximum Gasteiger partial charge on any atom is 0.225 e. The fourth-order valence-corrected chi connectivity index (χ4v) is 4.73. The number of nitrogens with one attached hydrogen (secondary N) is 1. The largest absolute Gasteiger partial charge is 0.356 e. The highest BCUT2D eigenvalue weighted by molar-refractivity contribution is 5.79. The van der Waals surface area contributed by atoms with Crippen molar-refractivity contribution in [3.8, 4) is 0 Å². The summed E-state index contributed by atoms with van der Waals surface area (Å²) in [6.45, 7) is 9.85. The van der Waals surface area contributed by atoms with Gasteiger partial charge in [-0.2, -0.15) is 0 Å². The van der Waals surface area contributed by atoms with Crippen molar-refractivity contribution in [3.05, 3.63) is 53.3 Å². The number of rotatable bonds is 6. The summed E-state index contributed by atoms with van der Waals surface area (Å²) in [7, 11) is 0. The number of piperidine rings is 2. The van der Waals surface area contributed by atoms with Crippen LogP contribution in [0.3, 0.4) is 0 Å². The Morgan fingerprint density at radius 2 is 1.90 bits per heavy atom. The molecular formula is C25H35N5O. The van der Waals surface area contributed by atoms with E-state index in [0.29, 0.717) is 12.5 Å². The molecule has 166 valence electrons. The van der Waals surface area contributed by atoms with Crippen LogP contribution in [0, 0.1) is 25.7 Å². The molecule has 1 N–H and O–H groups in total. The van der Waals surface area contributed by atoms with Crippen molar-refractivity contribution in [1.82, 2.24) is 20.2 Å². The highest BCUT2D eigenvalue weighted by Crippen LogP contribution is 2.22. The van der Waals surface area contributed by atoms with E-state index in [9.17, 15) is 4.79 Å². The first kappa shape index (κ1) is 21.8. The van der Waals surface area contributed by atoms with Crippen molar-refractivity contribution >= 4 is 11.9 Å². The normalized spacial score (nSPS) is 20.6. The predicted molar refractivity (Wildman–Crippen MR) is 124 cm³/mol. The van der Waals surface area contributed by atoms with E-state index in [4.69, 9.17) is 0 Å². The molecular weight excluding hydrogens is 386 g/mol. The Balaban J connectivity index is 1.21. The minimum absolute atomic E-state index is 0.0269. The van der Waals surface area contributed by atoms with E-state index >= 15 is 0 Å². The van der Waals surface area contributed by atoms with Gasteiger partial charge in [-0.15, -0.1) is 0 Å². The van der Waals surface area contributed by atoms with Crippen molar-refractivity contribution in [3.63, 3.8) is 0 Å². The van der Waals surface area contributed by atoms with Crippen molar-refractivity contribution in [1.29, 1.82) is 0 Å². The molecule has 0 aliphatic carbocycles. The number of carbonyl (C=O) groups is 1. The first-order valence-corrected chi connectivity index (χ1v) is 11.7. The van der Waals surface area contributed by atoms with Crippen LogP contribution >= 0.6 is 0 Å². The maximum atomic E-state index is 12.8. The monoisotopic (exact) mass is 421 g/mol. The lowest BCUT2D eigenvalue weighted by Gasteiger charge is -2.34. The maximum absolute atomic E-state index is 12.8. The first-order valence-electron chi connectivity index (χ1n) is 11.7. The van der Waals surface area contributed by atoms with Crippen molar-refractivity contribution in [2.24, 2.45) is 11.8 Å². The first-order chi connectivity index (χ1) is 15.1. The molecule has 31 heavy (non-hydrogen) atoms. The second-order valence-electron chi connectivity index (χ2n) is 9.17. The fourth-order valence-electron chi connectivity index (χ4n) is 4.73. The van der Waals surface area contributed by atoms with Crippen LogP contribution in [0.5, 0.6) is 0 Å². The Kier molecular flexibility index (Phi) is 7.17. The van der Waals surface area contributed by atoms with Crippen molar-refractivity contribution in [2.45, 2.75) is 46.1 Å². The standard InChI is InChI=1S/C25H35N5O/c1-19-6-3-4-7-22(19)17-29-14-10-21(11-15-29)16-27-24(31)23-8-5-13-30(18-23)25-26-12-9-20(2)28-25/h3-4,6-7,9,12,21,23H,5,8,10-11,13-18H2,1-2H3,(H,27,31)/t23-/m0/s1. The van der Waals surface area contributed by atoms with Crippen LogP contribution in [-0.2, 0) is 11.3 Å². The Labute approximate surface area is 186 Å². The molecule has 6 nitrogen and oxygen atoms in total. The SMILES string of the molecule is Cc1ccnc(N2CCC[C@H](C(=O)NCC3CCN(Cc4ccccc4C)CC3)C2)n1. The van der Waals surface area contributed by atoms with Gasteiger partial charge in [0.15, 0.2) is 0 Å². The lowest BCUT2D eigenvalue weighted by atomic mass is 9.94. The minimum Gasteiger partial charge on any atom is -0.356 e. The summed E-state index contributed by atoms with van der Waals surface area (Å²) in [5.74, 6) is 1.55. The van der Waals surface area contributed by atoms with Crippen LogP contribution < -0.4 is 10.2 Å². The summed E-state index contributed by atoms with van der Waals surface area (Å²) < 4.78 is 0. The Morgan fingerprint density at radius 3 is 2.68 bits per heavy atom. The molecule has 2 saturated heterocycles. The third-order valence-corrected chi connectivity index (χ3v) is 6.78. The highest BCUT2D eigenvalue weighted by atomic mass is 16.1. The lowest BCUT2D eigenvalue weighted by molar-refractivity contribution is -0.125. The van der Waals surface area contributed by atoms with Gasteiger partial charge >= 0.3 is 0 Å². The average molecular weight is 422 g/mol. The van der Waals surface area contributed by atoms with E-state index in [0.717, 1.165) is 70.0 Å². The molecule has 1 aromatic carbocycles. The van der Waals surface area contributed by atoms with E-state index in [1.54, 1.807) is 6.20 Å². The van der Waals surface area contributed by atoms with Gasteiger partial charge in [-0.25, -0.2) is 9.97 Å². The van der Waals surface area contributed by atoms with E-state index in [1.807, 2.05) is 13.0 Å². The fraction of sp³-hybridized carbons (Fsp3) is 0.560. The van der Waals surface area contributed by atoms with Crippen LogP contribution in [0.15, 0.2) is 36.5 Å². The van der Waals surface area contributed by atoms with Crippen molar-refractivity contribution in [2.75, 3.05) is 37.6 Å². The summed E-state index contributed by atoms with van der Waals surface area (Å²) in [6, 6.07) is 10.6. The van der Waals surface area contributed by atoms with Gasteiger partial charge in [-0.1, -0.05) is 24.3 Å². The highest BCUT2D eigenvalue weighted by Gasteiger charge is 2.28. The zero-order valence-corrected chi connectivity index (χ0v) is 18.9. The number of aryl methyl sites for hydroxylation is 2. The topological polar surface area (TPSA) is 61.4 Å². The van der Waals surface area contributed by atoms with Gasteiger partial charge in [0, 0.05) is 38.1 Å². The van der Waals surface area contributed by atoms with Crippen LogP contribution in [0.25, 0.3) is 0 Å². The summed E-state index contributed by atoms with van der Waals surface area (Å²) >= 11 is 0. The molecule has 0 saturated carbocycles. The van der Waals surface area contributed by atoms with Gasteiger partial charge in [-0.3, -0.25) is 9.69 Å². The van der Waals surface area contributed by atoms with Crippen LogP contribution in [0.1, 0.15) is 42.5 Å². The average Bonchev–Trinajstić information content (AvgIpc) is 2.80. The summed E-state index contributed by atoms with van der Waals surface area (Å²) in [5, 5.41) is 3.25. The predicted octanol–water partition coefficient (Wildman–Crippen LogP) is 3.34. The molecule has 0 radical (unpaired) electrons. The molecule has 3 heterocycles. The molecule has 2 aromatic rings. The van der Waals surface area contributed by atoms with Gasteiger partial charge in [0.25, 0.3) is 0 Å². The molecule has 2 fully saturated rings.